The molecule has 1 aromatic carbocycles. The summed E-state index contributed by atoms with van der Waals surface area (Å²) in [7, 11) is 1.47. The van der Waals surface area contributed by atoms with Gasteiger partial charge in [0.15, 0.2) is 0 Å². The van der Waals surface area contributed by atoms with Gasteiger partial charge in [-0.25, -0.2) is 4.39 Å². The lowest BCUT2D eigenvalue weighted by Crippen LogP contribution is -2.01. The first-order valence-electron chi connectivity index (χ1n) is 3.41. The van der Waals surface area contributed by atoms with Crippen LogP contribution in [0.1, 0.15) is 5.56 Å². The van der Waals surface area contributed by atoms with Gasteiger partial charge in [-0.05, 0) is 12.1 Å². The molecule has 0 unspecified atom stereocenters. The van der Waals surface area contributed by atoms with Crippen LogP contribution >= 0.6 is 11.6 Å². The topological polar surface area (TPSA) is 35.2 Å². The lowest BCUT2D eigenvalue weighted by molar-refractivity contribution is 0.408. The van der Waals surface area contributed by atoms with E-state index in [0.717, 1.165) is 0 Å². The summed E-state index contributed by atoms with van der Waals surface area (Å²) in [5.74, 6) is 0.0433. The summed E-state index contributed by atoms with van der Waals surface area (Å²) in [5, 5.41) is 0.248. The van der Waals surface area contributed by atoms with Gasteiger partial charge in [-0.2, -0.15) is 0 Å². The summed E-state index contributed by atoms with van der Waals surface area (Å²) in [6.45, 7) is 0.209. The fourth-order valence-corrected chi connectivity index (χ4v) is 1.30. The number of methoxy groups -OCH3 is 1. The lowest BCUT2D eigenvalue weighted by Gasteiger charge is -2.07. The second-order valence-corrected chi connectivity index (χ2v) is 2.69. The van der Waals surface area contributed by atoms with Gasteiger partial charge in [0.25, 0.3) is 0 Å². The van der Waals surface area contributed by atoms with E-state index in [-0.39, 0.29) is 11.6 Å². The Morgan fingerprint density at radius 1 is 1.58 bits per heavy atom. The Morgan fingerprint density at radius 3 is 2.75 bits per heavy atom. The van der Waals surface area contributed by atoms with E-state index in [1.54, 1.807) is 0 Å². The van der Waals surface area contributed by atoms with E-state index in [0.29, 0.717) is 11.3 Å². The van der Waals surface area contributed by atoms with Crippen molar-refractivity contribution < 1.29 is 9.13 Å². The largest absolute Gasteiger partial charge is 0.495 e. The number of hydrogen-bond acceptors (Lipinski definition) is 2. The van der Waals surface area contributed by atoms with Gasteiger partial charge in [-0.1, -0.05) is 11.6 Å². The molecule has 0 heterocycles. The van der Waals surface area contributed by atoms with Gasteiger partial charge in [-0.15, -0.1) is 0 Å². The molecule has 4 heteroatoms. The van der Waals surface area contributed by atoms with Gasteiger partial charge in [0.1, 0.15) is 11.6 Å². The van der Waals surface area contributed by atoms with Crippen LogP contribution in [0.4, 0.5) is 4.39 Å². The van der Waals surface area contributed by atoms with Crippen LogP contribution in [0.3, 0.4) is 0 Å². The maximum atomic E-state index is 12.7. The highest BCUT2D eigenvalue weighted by atomic mass is 35.5. The summed E-state index contributed by atoms with van der Waals surface area (Å²) >= 11 is 5.69. The van der Waals surface area contributed by atoms with E-state index >= 15 is 0 Å². The Morgan fingerprint density at radius 2 is 2.25 bits per heavy atom. The predicted octanol–water partition coefficient (Wildman–Crippen LogP) is 1.95. The van der Waals surface area contributed by atoms with Crippen molar-refractivity contribution in [1.29, 1.82) is 0 Å². The fraction of sp³-hybridized carbons (Fsp3) is 0.250. The van der Waals surface area contributed by atoms with Crippen molar-refractivity contribution >= 4 is 11.6 Å². The highest BCUT2D eigenvalue weighted by Gasteiger charge is 2.08. The second-order valence-electron chi connectivity index (χ2n) is 2.28. The van der Waals surface area contributed by atoms with Crippen LogP contribution in [-0.2, 0) is 6.54 Å². The molecule has 0 spiro atoms. The smallest absolute Gasteiger partial charge is 0.142 e. The van der Waals surface area contributed by atoms with Gasteiger partial charge in [0, 0.05) is 12.1 Å². The van der Waals surface area contributed by atoms with Crippen LogP contribution in [0.5, 0.6) is 5.75 Å². The zero-order valence-electron chi connectivity index (χ0n) is 6.60. The van der Waals surface area contributed by atoms with Crippen LogP contribution in [0.2, 0.25) is 5.02 Å². The summed E-state index contributed by atoms with van der Waals surface area (Å²) in [4.78, 5) is 0. The SMILES string of the molecule is COc1c(Cl)cc(F)cc1CN. The summed E-state index contributed by atoms with van der Waals surface area (Å²) in [5.41, 5.74) is 5.93. The minimum absolute atomic E-state index is 0.209. The van der Waals surface area contributed by atoms with Crippen LogP contribution in [0.25, 0.3) is 0 Å². The standard InChI is InChI=1S/C8H9ClFNO/c1-12-8-5(4-11)2-6(10)3-7(8)9/h2-3H,4,11H2,1H3. The monoisotopic (exact) mass is 189 g/mol. The zero-order valence-corrected chi connectivity index (χ0v) is 7.36. The Hall–Kier alpha value is -0.800. The van der Waals surface area contributed by atoms with Crippen molar-refractivity contribution in [3.63, 3.8) is 0 Å². The third-order valence-electron chi connectivity index (χ3n) is 1.51. The van der Waals surface area contributed by atoms with Gasteiger partial charge >= 0.3 is 0 Å². The molecule has 0 saturated heterocycles. The molecule has 0 aliphatic heterocycles. The summed E-state index contributed by atoms with van der Waals surface area (Å²) < 4.78 is 17.7. The minimum atomic E-state index is -0.402. The number of hydrogen-bond donors (Lipinski definition) is 1. The van der Waals surface area contributed by atoms with Crippen molar-refractivity contribution in [3.8, 4) is 5.75 Å². The molecule has 2 N–H and O–H groups in total. The van der Waals surface area contributed by atoms with Gasteiger partial charge in [0.2, 0.25) is 0 Å². The highest BCUT2D eigenvalue weighted by Crippen LogP contribution is 2.29. The van der Waals surface area contributed by atoms with Crippen LogP contribution in [0.15, 0.2) is 12.1 Å². The molecular formula is C8H9ClFNO. The molecule has 0 aromatic heterocycles. The normalized spacial score (nSPS) is 10.0. The molecule has 0 saturated carbocycles. The highest BCUT2D eigenvalue weighted by molar-refractivity contribution is 6.32. The number of nitrogens with two attached hydrogens (primary N) is 1. The molecule has 1 rings (SSSR count). The molecule has 12 heavy (non-hydrogen) atoms. The van der Waals surface area contributed by atoms with E-state index in [9.17, 15) is 4.39 Å². The molecular weight excluding hydrogens is 181 g/mol. The number of benzene rings is 1. The van der Waals surface area contributed by atoms with Crippen LogP contribution in [-0.4, -0.2) is 7.11 Å². The van der Waals surface area contributed by atoms with Crippen molar-refractivity contribution in [1.82, 2.24) is 0 Å². The van der Waals surface area contributed by atoms with E-state index in [4.69, 9.17) is 22.1 Å². The van der Waals surface area contributed by atoms with Crippen LogP contribution in [0, 0.1) is 5.82 Å². The first kappa shape index (κ1) is 9.29. The summed E-state index contributed by atoms with van der Waals surface area (Å²) in [6, 6.07) is 2.50. The van der Waals surface area contributed by atoms with Gasteiger partial charge in [-0.3, -0.25) is 0 Å². The first-order chi connectivity index (χ1) is 5.69. The molecule has 0 aliphatic carbocycles. The average molecular weight is 190 g/mol. The Labute approximate surface area is 75.1 Å². The van der Waals surface area contributed by atoms with Gasteiger partial charge in [0.05, 0.1) is 12.1 Å². The third-order valence-corrected chi connectivity index (χ3v) is 1.79. The van der Waals surface area contributed by atoms with Crippen molar-refractivity contribution in [2.45, 2.75) is 6.54 Å². The fourth-order valence-electron chi connectivity index (χ4n) is 0.994. The van der Waals surface area contributed by atoms with E-state index < -0.39 is 5.82 Å². The molecule has 0 amide bonds. The van der Waals surface area contributed by atoms with Gasteiger partial charge < -0.3 is 10.5 Å². The molecule has 2 nitrogen and oxygen atoms in total. The second kappa shape index (κ2) is 3.74. The Balaban J connectivity index is 3.24. The molecule has 66 valence electrons. The maximum Gasteiger partial charge on any atom is 0.142 e. The lowest BCUT2D eigenvalue weighted by atomic mass is 10.2. The van der Waals surface area contributed by atoms with Crippen LogP contribution < -0.4 is 10.5 Å². The van der Waals surface area contributed by atoms with E-state index in [2.05, 4.69) is 0 Å². The quantitative estimate of drug-likeness (QED) is 0.772. The van der Waals surface area contributed by atoms with E-state index in [1.165, 1.54) is 19.2 Å². The number of halogens is 2. The molecule has 1 aromatic rings. The predicted molar refractivity (Wildman–Crippen MR) is 45.9 cm³/mol. The molecule has 0 aliphatic rings. The average Bonchev–Trinajstić information content (AvgIpc) is 2.03. The molecule has 0 radical (unpaired) electrons. The minimum Gasteiger partial charge on any atom is -0.495 e. The number of rotatable bonds is 2. The molecule has 0 atom stereocenters. The van der Waals surface area contributed by atoms with Crippen molar-refractivity contribution in [2.75, 3.05) is 7.11 Å². The van der Waals surface area contributed by atoms with Crippen molar-refractivity contribution in [2.24, 2.45) is 5.73 Å². The third kappa shape index (κ3) is 1.68. The van der Waals surface area contributed by atoms with E-state index in [1.807, 2.05) is 0 Å². The first-order valence-corrected chi connectivity index (χ1v) is 3.78. The van der Waals surface area contributed by atoms with Crippen molar-refractivity contribution in [3.05, 3.63) is 28.5 Å². The molecule has 0 fully saturated rings. The Bertz CT molecular complexity index is 291. The zero-order chi connectivity index (χ0) is 9.14. The number of ether oxygens (including phenoxy) is 1. The Kier molecular flexibility index (Phi) is 2.89. The molecule has 0 bridgehead atoms. The summed E-state index contributed by atoms with van der Waals surface area (Å²) in [6.07, 6.45) is 0. The maximum absolute atomic E-state index is 12.7.